The Bertz CT molecular complexity index is 227. The fourth-order valence-corrected chi connectivity index (χ4v) is 0.566. The first-order valence-electron chi connectivity index (χ1n) is 3.54. The summed E-state index contributed by atoms with van der Waals surface area (Å²) in [5, 5.41) is 8.59. The molecule has 0 rings (SSSR count). The van der Waals surface area contributed by atoms with Gasteiger partial charge in [-0.15, -0.1) is 0 Å². The molecule has 0 aromatic rings. The number of carbonyl (C=O) groups is 3. The van der Waals surface area contributed by atoms with E-state index in [0.29, 0.717) is 0 Å². The molecule has 0 aliphatic heterocycles. The first-order valence-corrected chi connectivity index (χ1v) is 3.54. The molecule has 0 aliphatic rings. The molecule has 4 nitrogen and oxygen atoms in total. The minimum Gasteiger partial charge on any atom is -0.481 e. The maximum absolute atomic E-state index is 11.1. The van der Waals surface area contributed by atoms with Crippen LogP contribution < -0.4 is 0 Å². The Morgan fingerprint density at radius 2 is 1.67 bits per heavy atom. The molecule has 0 radical (unpaired) electrons. The lowest BCUT2D eigenvalue weighted by Crippen LogP contribution is -2.34. The molecule has 0 aromatic carbocycles. The number of hydrogen-bond acceptors (Lipinski definition) is 3. The summed E-state index contributed by atoms with van der Waals surface area (Å²) >= 11 is 0. The van der Waals surface area contributed by atoms with E-state index in [0.717, 1.165) is 0 Å². The van der Waals surface area contributed by atoms with Crippen LogP contribution in [-0.2, 0) is 14.4 Å². The number of rotatable bonds is 4. The number of carboxylic acid groups (broad SMARTS) is 1. The number of ketones is 2. The van der Waals surface area contributed by atoms with Crippen molar-refractivity contribution in [3.8, 4) is 0 Å². The Balaban J connectivity index is 4.47. The molecule has 0 aliphatic carbocycles. The highest BCUT2D eigenvalue weighted by Gasteiger charge is 2.35. The molecule has 0 amide bonds. The zero-order chi connectivity index (χ0) is 9.94. The average molecular weight is 172 g/mol. The molecule has 12 heavy (non-hydrogen) atoms. The molecule has 0 saturated heterocycles. The maximum atomic E-state index is 11.1. The van der Waals surface area contributed by atoms with Gasteiger partial charge in [0.05, 0.1) is 6.42 Å². The van der Waals surface area contributed by atoms with Crippen molar-refractivity contribution < 1.29 is 19.5 Å². The van der Waals surface area contributed by atoms with Gasteiger partial charge in [0.25, 0.3) is 0 Å². The van der Waals surface area contributed by atoms with Crippen molar-refractivity contribution >= 4 is 17.5 Å². The number of carboxylic acids is 1. The number of carbonyl (C=O) groups excluding carboxylic acids is 2. The summed E-state index contributed by atoms with van der Waals surface area (Å²) in [6.07, 6.45) is -0.306. The van der Waals surface area contributed by atoms with E-state index >= 15 is 0 Å². The molecule has 1 N–H and O–H groups in total. The van der Waals surface area contributed by atoms with Crippen LogP contribution in [0.5, 0.6) is 0 Å². The van der Waals surface area contributed by atoms with Gasteiger partial charge in [-0.05, 0) is 20.8 Å². The lowest BCUT2D eigenvalue weighted by Gasteiger charge is -2.15. The molecule has 0 atom stereocenters. The van der Waals surface area contributed by atoms with Gasteiger partial charge >= 0.3 is 5.97 Å². The van der Waals surface area contributed by atoms with E-state index in [9.17, 15) is 14.4 Å². The van der Waals surface area contributed by atoms with Crippen molar-refractivity contribution in [3.63, 3.8) is 0 Å². The average Bonchev–Trinajstić information content (AvgIpc) is 1.85. The Hall–Kier alpha value is -1.19. The monoisotopic (exact) mass is 172 g/mol. The molecule has 0 aromatic heterocycles. The zero-order valence-electron chi connectivity index (χ0n) is 7.38. The van der Waals surface area contributed by atoms with Crippen molar-refractivity contribution in [1.82, 2.24) is 0 Å². The molecule has 0 heterocycles. The third-order valence-corrected chi connectivity index (χ3v) is 1.64. The van der Waals surface area contributed by atoms with Gasteiger partial charge in [-0.1, -0.05) is 0 Å². The molecule has 0 fully saturated rings. The van der Waals surface area contributed by atoms with Crippen molar-refractivity contribution in [3.05, 3.63) is 0 Å². The Labute approximate surface area is 70.6 Å². The van der Waals surface area contributed by atoms with E-state index in [1.807, 2.05) is 0 Å². The summed E-state index contributed by atoms with van der Waals surface area (Å²) in [7, 11) is 0. The van der Waals surface area contributed by atoms with Crippen molar-refractivity contribution in [2.75, 3.05) is 0 Å². The van der Waals surface area contributed by atoms with Gasteiger partial charge in [0, 0.05) is 0 Å². The third-order valence-electron chi connectivity index (χ3n) is 1.64. The number of aliphatic carboxylic acids is 1. The minimum absolute atomic E-state index is 0.306. The predicted molar refractivity (Wildman–Crippen MR) is 41.7 cm³/mol. The van der Waals surface area contributed by atoms with E-state index < -0.39 is 17.2 Å². The van der Waals surface area contributed by atoms with Crippen LogP contribution in [0.2, 0.25) is 0 Å². The second kappa shape index (κ2) is 3.47. The van der Waals surface area contributed by atoms with Crippen LogP contribution in [0.25, 0.3) is 0 Å². The first-order chi connectivity index (χ1) is 5.28. The minimum atomic E-state index is -1.45. The van der Waals surface area contributed by atoms with Gasteiger partial charge in [-0.2, -0.15) is 0 Å². The molecule has 0 saturated carbocycles. The summed E-state index contributed by atoms with van der Waals surface area (Å²) in [4.78, 5) is 32.1. The van der Waals surface area contributed by atoms with E-state index in [1.165, 1.54) is 20.8 Å². The number of hydrogen-bond donors (Lipinski definition) is 1. The van der Waals surface area contributed by atoms with Gasteiger partial charge < -0.3 is 5.11 Å². The van der Waals surface area contributed by atoms with Crippen molar-refractivity contribution in [1.29, 1.82) is 0 Å². The van der Waals surface area contributed by atoms with Gasteiger partial charge in [-0.3, -0.25) is 14.4 Å². The topological polar surface area (TPSA) is 71.4 Å². The first kappa shape index (κ1) is 10.8. The summed E-state index contributed by atoms with van der Waals surface area (Å²) in [5.74, 6) is -2.06. The van der Waals surface area contributed by atoms with E-state index in [-0.39, 0.29) is 12.2 Å². The highest BCUT2D eigenvalue weighted by molar-refractivity contribution is 6.09. The second-order valence-electron chi connectivity index (χ2n) is 3.23. The van der Waals surface area contributed by atoms with Crippen LogP contribution in [0.1, 0.15) is 27.2 Å². The second-order valence-corrected chi connectivity index (χ2v) is 3.23. The zero-order valence-corrected chi connectivity index (χ0v) is 7.38. The molecule has 0 unspecified atom stereocenters. The smallest absolute Gasteiger partial charge is 0.316 e. The summed E-state index contributed by atoms with van der Waals surface area (Å²) in [6.45, 7) is 3.84. The van der Waals surface area contributed by atoms with Gasteiger partial charge in [-0.25, -0.2) is 0 Å². The number of Topliss-reactive ketones (excluding diaryl/α,β-unsaturated/α-hetero) is 2. The quantitative estimate of drug-likeness (QED) is 0.632. The molecular formula is C8H12O4. The largest absolute Gasteiger partial charge is 0.481 e. The summed E-state index contributed by atoms with van der Waals surface area (Å²) < 4.78 is 0. The molecule has 68 valence electrons. The van der Waals surface area contributed by atoms with Crippen LogP contribution in [0.3, 0.4) is 0 Å². The van der Waals surface area contributed by atoms with Crippen LogP contribution in [0.4, 0.5) is 0 Å². The SMILES string of the molecule is CC(=O)CC(=O)C(C)(C)C(=O)O. The fraction of sp³-hybridized carbons (Fsp3) is 0.625. The lowest BCUT2D eigenvalue weighted by atomic mass is 9.86. The standard InChI is InChI=1S/C8H12O4/c1-5(9)4-6(10)8(2,3)7(11)12/h4H2,1-3H3,(H,11,12). The lowest BCUT2D eigenvalue weighted by molar-refractivity contribution is -0.152. The van der Waals surface area contributed by atoms with Crippen LogP contribution >= 0.6 is 0 Å². The Morgan fingerprint density at radius 1 is 1.25 bits per heavy atom. The third kappa shape index (κ3) is 2.45. The molecular weight excluding hydrogens is 160 g/mol. The van der Waals surface area contributed by atoms with Gasteiger partial charge in [0.15, 0.2) is 5.78 Å². The van der Waals surface area contributed by atoms with Crippen molar-refractivity contribution in [2.45, 2.75) is 27.2 Å². The maximum Gasteiger partial charge on any atom is 0.316 e. The molecule has 0 spiro atoms. The van der Waals surface area contributed by atoms with Crippen LogP contribution in [-0.4, -0.2) is 22.6 Å². The van der Waals surface area contributed by atoms with Gasteiger partial charge in [0.2, 0.25) is 0 Å². The highest BCUT2D eigenvalue weighted by Crippen LogP contribution is 2.18. The van der Waals surface area contributed by atoms with E-state index in [2.05, 4.69) is 0 Å². The van der Waals surface area contributed by atoms with Gasteiger partial charge in [0.1, 0.15) is 11.2 Å². The molecule has 4 heteroatoms. The Morgan fingerprint density at radius 3 is 1.92 bits per heavy atom. The fourth-order valence-electron chi connectivity index (χ4n) is 0.566. The predicted octanol–water partition coefficient (Wildman–Crippen LogP) is 0.645. The summed E-state index contributed by atoms with van der Waals surface area (Å²) in [6, 6.07) is 0. The van der Waals surface area contributed by atoms with Crippen LogP contribution in [0.15, 0.2) is 0 Å². The Kier molecular flexibility index (Phi) is 3.13. The molecule has 0 bridgehead atoms. The van der Waals surface area contributed by atoms with E-state index in [4.69, 9.17) is 5.11 Å². The van der Waals surface area contributed by atoms with Crippen molar-refractivity contribution in [2.24, 2.45) is 5.41 Å². The van der Waals surface area contributed by atoms with E-state index in [1.54, 1.807) is 0 Å². The normalized spacial score (nSPS) is 10.9. The summed E-state index contributed by atoms with van der Waals surface area (Å²) in [5.41, 5.74) is -1.45. The van der Waals surface area contributed by atoms with Crippen LogP contribution in [0, 0.1) is 5.41 Å². The highest BCUT2D eigenvalue weighted by atomic mass is 16.4.